The fourth-order valence-corrected chi connectivity index (χ4v) is 2.26. The molecule has 1 unspecified atom stereocenters. The van der Waals surface area contributed by atoms with Crippen LogP contribution in [0.4, 0.5) is 0 Å². The largest absolute Gasteiger partial charge is 0.462 e. The van der Waals surface area contributed by atoms with Crippen molar-refractivity contribution in [2.45, 2.75) is 84.2 Å². The molecular weight excluding hydrogens is 250 g/mol. The van der Waals surface area contributed by atoms with Crippen LogP contribution in [0.3, 0.4) is 0 Å². The molecule has 3 heteroatoms. The van der Waals surface area contributed by atoms with Gasteiger partial charge in [0.2, 0.25) is 0 Å². The second-order valence-electron chi connectivity index (χ2n) is 6.01. The van der Waals surface area contributed by atoms with Crippen LogP contribution in [-0.4, -0.2) is 37.6 Å². The molecule has 0 aromatic rings. The van der Waals surface area contributed by atoms with E-state index in [1.807, 2.05) is 0 Å². The molecule has 120 valence electrons. The monoisotopic (exact) mass is 285 g/mol. The highest BCUT2D eigenvalue weighted by atomic mass is 16.5. The number of hydrogen-bond acceptors (Lipinski definition) is 3. The lowest BCUT2D eigenvalue weighted by Gasteiger charge is -2.18. The molecule has 0 aliphatic heterocycles. The summed E-state index contributed by atoms with van der Waals surface area (Å²) in [6, 6.07) is 0. The highest BCUT2D eigenvalue weighted by molar-refractivity contribution is 5.69. The van der Waals surface area contributed by atoms with E-state index in [9.17, 15) is 4.79 Å². The quantitative estimate of drug-likeness (QED) is 0.371. The minimum absolute atomic E-state index is 0.00126. The Morgan fingerprint density at radius 1 is 0.950 bits per heavy atom. The third-order valence-electron chi connectivity index (χ3n) is 3.54. The number of carbonyl (C=O) groups is 1. The summed E-state index contributed by atoms with van der Waals surface area (Å²) in [5.41, 5.74) is 0. The fraction of sp³-hybridized carbons (Fsp3) is 0.941. The lowest BCUT2D eigenvalue weighted by molar-refractivity contribution is -0.150. The van der Waals surface area contributed by atoms with Gasteiger partial charge in [0.1, 0.15) is 6.10 Å². The number of nitrogens with zero attached hydrogens (tertiary/aromatic N) is 1. The molecule has 0 radical (unpaired) electrons. The van der Waals surface area contributed by atoms with Crippen molar-refractivity contribution in [3.8, 4) is 0 Å². The lowest BCUT2D eigenvalue weighted by Crippen LogP contribution is -2.19. The van der Waals surface area contributed by atoms with E-state index >= 15 is 0 Å². The number of unbranched alkanes of at least 4 members (excludes halogenated alkanes) is 4. The van der Waals surface area contributed by atoms with Gasteiger partial charge >= 0.3 is 5.97 Å². The molecule has 0 heterocycles. The van der Waals surface area contributed by atoms with Gasteiger partial charge in [0, 0.05) is 6.42 Å². The first kappa shape index (κ1) is 19.4. The number of rotatable bonds is 13. The number of carbonyl (C=O) groups excluding carboxylic acids is 1. The Morgan fingerprint density at radius 2 is 1.60 bits per heavy atom. The highest BCUT2D eigenvalue weighted by Crippen LogP contribution is 2.15. The molecule has 3 nitrogen and oxygen atoms in total. The van der Waals surface area contributed by atoms with Crippen LogP contribution in [0, 0.1) is 0 Å². The molecule has 20 heavy (non-hydrogen) atoms. The van der Waals surface area contributed by atoms with Crippen LogP contribution in [0.2, 0.25) is 0 Å². The predicted octanol–water partition coefficient (Wildman–Crippen LogP) is 4.40. The summed E-state index contributed by atoms with van der Waals surface area (Å²) in [4.78, 5) is 14.0. The van der Waals surface area contributed by atoms with Gasteiger partial charge in [-0.25, -0.2) is 0 Å². The summed E-state index contributed by atoms with van der Waals surface area (Å²) in [6.07, 6.45) is 10.8. The van der Waals surface area contributed by atoms with E-state index in [4.69, 9.17) is 4.74 Å². The standard InChI is InChI=1S/C17H35NO2/c1-5-7-9-13-16(12-8-6-2)20-17(19)14-10-11-15-18(3)4/h16H,5-15H2,1-4H3. The average molecular weight is 285 g/mol. The second kappa shape index (κ2) is 13.4. The van der Waals surface area contributed by atoms with Crippen LogP contribution >= 0.6 is 0 Å². The molecule has 0 aromatic heterocycles. The van der Waals surface area contributed by atoms with Gasteiger partial charge in [-0.3, -0.25) is 4.79 Å². The first-order valence-electron chi connectivity index (χ1n) is 8.44. The molecule has 0 spiro atoms. The van der Waals surface area contributed by atoms with Gasteiger partial charge in [0.25, 0.3) is 0 Å². The molecule has 1 atom stereocenters. The van der Waals surface area contributed by atoms with Crippen molar-refractivity contribution in [2.75, 3.05) is 20.6 Å². The van der Waals surface area contributed by atoms with Crippen LogP contribution in [0.5, 0.6) is 0 Å². The van der Waals surface area contributed by atoms with Crippen LogP contribution < -0.4 is 0 Å². The third kappa shape index (κ3) is 12.5. The Balaban J connectivity index is 3.85. The van der Waals surface area contributed by atoms with E-state index < -0.39 is 0 Å². The van der Waals surface area contributed by atoms with Crippen molar-refractivity contribution in [1.82, 2.24) is 4.90 Å². The molecule has 0 rings (SSSR count). The maximum Gasteiger partial charge on any atom is 0.306 e. The third-order valence-corrected chi connectivity index (χ3v) is 3.54. The Morgan fingerprint density at radius 3 is 2.20 bits per heavy atom. The van der Waals surface area contributed by atoms with Gasteiger partial charge in [-0.05, 0) is 52.7 Å². The molecule has 0 N–H and O–H groups in total. The van der Waals surface area contributed by atoms with Crippen LogP contribution in [-0.2, 0) is 9.53 Å². The smallest absolute Gasteiger partial charge is 0.306 e. The minimum Gasteiger partial charge on any atom is -0.462 e. The highest BCUT2D eigenvalue weighted by Gasteiger charge is 2.13. The Hall–Kier alpha value is -0.570. The van der Waals surface area contributed by atoms with Gasteiger partial charge in [0.05, 0.1) is 0 Å². The van der Waals surface area contributed by atoms with Gasteiger partial charge in [0.15, 0.2) is 0 Å². The van der Waals surface area contributed by atoms with Crippen molar-refractivity contribution in [1.29, 1.82) is 0 Å². The number of esters is 1. The van der Waals surface area contributed by atoms with Crippen LogP contribution in [0.25, 0.3) is 0 Å². The first-order chi connectivity index (χ1) is 9.60. The van der Waals surface area contributed by atoms with E-state index in [0.717, 1.165) is 38.6 Å². The zero-order chi connectivity index (χ0) is 15.2. The number of ether oxygens (including phenoxy) is 1. The molecular formula is C17H35NO2. The molecule has 0 aliphatic rings. The Labute approximate surface area is 126 Å². The summed E-state index contributed by atoms with van der Waals surface area (Å²) >= 11 is 0. The van der Waals surface area contributed by atoms with Crippen LogP contribution in [0.1, 0.15) is 78.1 Å². The topological polar surface area (TPSA) is 29.5 Å². The first-order valence-corrected chi connectivity index (χ1v) is 8.44. The summed E-state index contributed by atoms with van der Waals surface area (Å²) in [7, 11) is 4.12. The maximum atomic E-state index is 11.9. The SMILES string of the molecule is CCCCCC(CCCC)OC(=O)CCCCN(C)C. The fourth-order valence-electron chi connectivity index (χ4n) is 2.26. The zero-order valence-corrected chi connectivity index (χ0v) is 14.1. The second-order valence-corrected chi connectivity index (χ2v) is 6.01. The molecule has 0 aliphatic carbocycles. The minimum atomic E-state index is 0.00126. The zero-order valence-electron chi connectivity index (χ0n) is 14.1. The summed E-state index contributed by atoms with van der Waals surface area (Å²) < 4.78 is 5.65. The van der Waals surface area contributed by atoms with Gasteiger partial charge < -0.3 is 9.64 Å². The molecule has 0 saturated carbocycles. The molecule has 0 amide bonds. The Kier molecular flexibility index (Phi) is 13.0. The van der Waals surface area contributed by atoms with Crippen molar-refractivity contribution < 1.29 is 9.53 Å². The molecule has 0 aromatic carbocycles. The summed E-state index contributed by atoms with van der Waals surface area (Å²) in [5.74, 6) is 0.00126. The van der Waals surface area contributed by atoms with Crippen molar-refractivity contribution in [3.05, 3.63) is 0 Å². The van der Waals surface area contributed by atoms with E-state index in [-0.39, 0.29) is 12.1 Å². The lowest BCUT2D eigenvalue weighted by atomic mass is 10.1. The van der Waals surface area contributed by atoms with Crippen molar-refractivity contribution in [3.63, 3.8) is 0 Å². The summed E-state index contributed by atoms with van der Waals surface area (Å²) in [5, 5.41) is 0. The Bertz CT molecular complexity index is 229. The normalized spacial score (nSPS) is 12.7. The molecule has 0 fully saturated rings. The molecule has 0 saturated heterocycles. The summed E-state index contributed by atoms with van der Waals surface area (Å²) in [6.45, 7) is 5.44. The van der Waals surface area contributed by atoms with Crippen molar-refractivity contribution >= 4 is 5.97 Å². The van der Waals surface area contributed by atoms with Crippen molar-refractivity contribution in [2.24, 2.45) is 0 Å². The maximum absolute atomic E-state index is 11.9. The van der Waals surface area contributed by atoms with Gasteiger partial charge in [-0.15, -0.1) is 0 Å². The van der Waals surface area contributed by atoms with Crippen LogP contribution in [0.15, 0.2) is 0 Å². The predicted molar refractivity (Wildman–Crippen MR) is 86.0 cm³/mol. The van der Waals surface area contributed by atoms with Gasteiger partial charge in [-0.2, -0.15) is 0 Å². The van der Waals surface area contributed by atoms with E-state index in [1.54, 1.807) is 0 Å². The van der Waals surface area contributed by atoms with E-state index in [0.29, 0.717) is 6.42 Å². The number of hydrogen-bond donors (Lipinski definition) is 0. The van der Waals surface area contributed by atoms with E-state index in [2.05, 4.69) is 32.8 Å². The molecule has 0 bridgehead atoms. The van der Waals surface area contributed by atoms with Gasteiger partial charge in [-0.1, -0.05) is 39.5 Å². The average Bonchev–Trinajstić information content (AvgIpc) is 2.40. The van der Waals surface area contributed by atoms with E-state index in [1.165, 1.54) is 25.7 Å².